The van der Waals surface area contributed by atoms with Crippen molar-refractivity contribution in [2.75, 3.05) is 0 Å². The van der Waals surface area contributed by atoms with Gasteiger partial charge in [0.1, 0.15) is 32.3 Å². The molecule has 0 bridgehead atoms. The maximum absolute atomic E-state index is 2.81. The SMILES string of the molecule is C[Si]1(C)C(c2ccccc2)=C(c2ccccc2)[Si](C)(C)c2cc3c(cc21)[Si](C)(C)C(c1ccccc1)=C(c1ccccc1)[Si]3(C)C. The Balaban J connectivity index is 1.57. The summed E-state index contributed by atoms with van der Waals surface area (Å²) < 4.78 is 0. The van der Waals surface area contributed by atoms with Gasteiger partial charge >= 0.3 is 0 Å². The Morgan fingerprint density at radius 1 is 0.261 bits per heavy atom. The molecular weight excluding hydrogens is 617 g/mol. The normalized spacial score (nSPS) is 19.0. The van der Waals surface area contributed by atoms with Crippen LogP contribution in [0.25, 0.3) is 20.8 Å². The largest absolute Gasteiger partial charge is 0.112 e. The Hall–Kier alpha value is -3.55. The Labute approximate surface area is 280 Å². The van der Waals surface area contributed by atoms with E-state index >= 15 is 0 Å². The first-order valence-electron chi connectivity index (χ1n) is 16.8. The fourth-order valence-electron chi connectivity index (χ4n) is 8.90. The molecule has 0 aliphatic carbocycles. The van der Waals surface area contributed by atoms with Crippen LogP contribution in [0.4, 0.5) is 0 Å². The van der Waals surface area contributed by atoms with Gasteiger partial charge in [-0.2, -0.15) is 0 Å². The van der Waals surface area contributed by atoms with Gasteiger partial charge in [0.15, 0.2) is 0 Å². The highest BCUT2D eigenvalue weighted by molar-refractivity contribution is 7.23. The summed E-state index contributed by atoms with van der Waals surface area (Å²) in [5.74, 6) is 0. The standard InChI is InChI=1S/C42H46Si4/c1-43(2)35-29-37-38(30-36(35)44(3,4)40(32-23-15-10-16-24-32)39(43)31-21-13-9-14-22-31)46(7,8)42(34-27-19-12-20-28-34)41(45(37,5)6)33-25-17-11-18-26-33/h9-30H,1-8H3. The number of hydrogen-bond acceptors (Lipinski definition) is 0. The highest BCUT2D eigenvalue weighted by atomic mass is 28.3. The number of benzene rings is 5. The van der Waals surface area contributed by atoms with Crippen molar-refractivity contribution in [2.24, 2.45) is 0 Å². The lowest BCUT2D eigenvalue weighted by atomic mass is 10.1. The number of fused-ring (bicyclic) bond motifs is 2. The molecular formula is C42H46Si4. The molecule has 0 atom stereocenters. The molecule has 0 fully saturated rings. The van der Waals surface area contributed by atoms with Crippen molar-refractivity contribution in [3.8, 4) is 0 Å². The van der Waals surface area contributed by atoms with E-state index in [-0.39, 0.29) is 0 Å². The van der Waals surface area contributed by atoms with Crippen LogP contribution < -0.4 is 20.7 Å². The summed E-state index contributed by atoms with van der Waals surface area (Å²) in [6.45, 7) is 21.1. The van der Waals surface area contributed by atoms with E-state index in [1.165, 1.54) is 22.3 Å². The van der Waals surface area contributed by atoms with Crippen LogP contribution in [0, 0.1) is 0 Å². The maximum Gasteiger partial charge on any atom is 0.112 e. The average molecular weight is 663 g/mol. The lowest BCUT2D eigenvalue weighted by Gasteiger charge is -2.49. The van der Waals surface area contributed by atoms with Gasteiger partial charge in [-0.25, -0.2) is 0 Å². The Kier molecular flexibility index (Phi) is 7.44. The zero-order valence-corrected chi connectivity index (χ0v) is 32.7. The summed E-state index contributed by atoms with van der Waals surface area (Å²) in [6.07, 6.45) is 0. The first-order chi connectivity index (χ1) is 21.9. The van der Waals surface area contributed by atoms with E-state index in [0.717, 1.165) is 0 Å². The lowest BCUT2D eigenvalue weighted by molar-refractivity contribution is 1.57. The molecule has 0 saturated carbocycles. The minimum absolute atomic E-state index is 1.42. The van der Waals surface area contributed by atoms with E-state index in [2.05, 4.69) is 186 Å². The van der Waals surface area contributed by atoms with Crippen molar-refractivity contribution in [2.45, 2.75) is 52.4 Å². The van der Waals surface area contributed by atoms with Crippen molar-refractivity contribution < 1.29 is 0 Å². The fraction of sp³-hybridized carbons (Fsp3) is 0.190. The van der Waals surface area contributed by atoms with Gasteiger partial charge in [-0.3, -0.25) is 0 Å². The molecule has 46 heavy (non-hydrogen) atoms. The summed E-state index contributed by atoms with van der Waals surface area (Å²) in [6, 6.07) is 51.1. The van der Waals surface area contributed by atoms with Crippen LogP contribution in [-0.4, -0.2) is 32.3 Å². The molecule has 2 heterocycles. The predicted octanol–water partition coefficient (Wildman–Crippen LogP) is 8.75. The molecule has 0 saturated heterocycles. The maximum atomic E-state index is 2.81. The Morgan fingerprint density at radius 3 is 0.609 bits per heavy atom. The summed E-state index contributed by atoms with van der Waals surface area (Å²) >= 11 is 0. The third-order valence-corrected chi connectivity index (χ3v) is 26.3. The second-order valence-electron chi connectivity index (χ2n) is 15.4. The van der Waals surface area contributed by atoms with E-state index in [4.69, 9.17) is 0 Å². The summed E-state index contributed by atoms with van der Waals surface area (Å²) in [5.41, 5.74) is 5.68. The van der Waals surface area contributed by atoms with Crippen molar-refractivity contribution in [3.05, 3.63) is 156 Å². The zero-order valence-electron chi connectivity index (χ0n) is 28.7. The van der Waals surface area contributed by atoms with E-state index in [9.17, 15) is 0 Å². The van der Waals surface area contributed by atoms with Crippen LogP contribution in [0.5, 0.6) is 0 Å². The van der Waals surface area contributed by atoms with Crippen molar-refractivity contribution in [3.63, 3.8) is 0 Å². The van der Waals surface area contributed by atoms with Crippen LogP contribution in [0.1, 0.15) is 22.3 Å². The Bertz CT molecular complexity index is 1710. The van der Waals surface area contributed by atoms with Gasteiger partial charge in [0.25, 0.3) is 0 Å². The number of rotatable bonds is 4. The second kappa shape index (κ2) is 11.0. The Morgan fingerprint density at radius 2 is 0.435 bits per heavy atom. The predicted molar refractivity (Wildman–Crippen MR) is 214 cm³/mol. The summed E-state index contributed by atoms with van der Waals surface area (Å²) in [7, 11) is -8.52. The minimum Gasteiger partial charge on any atom is -0.0631 e. The van der Waals surface area contributed by atoms with E-state index in [0.29, 0.717) is 0 Å². The van der Waals surface area contributed by atoms with Crippen molar-refractivity contribution >= 4 is 73.8 Å². The molecule has 0 unspecified atom stereocenters. The third kappa shape index (κ3) is 4.64. The van der Waals surface area contributed by atoms with Crippen LogP contribution >= 0.6 is 0 Å². The van der Waals surface area contributed by atoms with Gasteiger partial charge in [0.2, 0.25) is 0 Å². The summed E-state index contributed by atoms with van der Waals surface area (Å²) in [4.78, 5) is 0. The zero-order chi connectivity index (χ0) is 32.5. The van der Waals surface area contributed by atoms with Gasteiger partial charge in [0.05, 0.1) is 0 Å². The van der Waals surface area contributed by atoms with Gasteiger partial charge in [-0.15, -0.1) is 0 Å². The molecule has 4 heteroatoms. The first-order valence-corrected chi connectivity index (χ1v) is 28.8. The molecule has 7 rings (SSSR count). The topological polar surface area (TPSA) is 0 Å². The van der Waals surface area contributed by atoms with Crippen LogP contribution in [-0.2, 0) is 0 Å². The monoisotopic (exact) mass is 662 g/mol. The van der Waals surface area contributed by atoms with Crippen LogP contribution in [0.2, 0.25) is 52.4 Å². The molecule has 5 aromatic rings. The first kappa shape index (κ1) is 31.1. The third-order valence-electron chi connectivity index (χ3n) is 11.1. The van der Waals surface area contributed by atoms with E-state index in [1.807, 2.05) is 0 Å². The molecule has 2 aliphatic rings. The highest BCUT2D eigenvalue weighted by Gasteiger charge is 2.51. The van der Waals surface area contributed by atoms with Gasteiger partial charge in [-0.05, 0) is 43.0 Å². The van der Waals surface area contributed by atoms with Gasteiger partial charge < -0.3 is 0 Å². The van der Waals surface area contributed by atoms with E-state index < -0.39 is 32.3 Å². The molecule has 0 spiro atoms. The molecule has 0 radical (unpaired) electrons. The smallest absolute Gasteiger partial charge is 0.0631 e. The summed E-state index contributed by atoms with van der Waals surface area (Å²) in [5, 5.41) is 13.4. The molecule has 230 valence electrons. The van der Waals surface area contributed by atoms with Gasteiger partial charge in [0, 0.05) is 0 Å². The number of hydrogen-bond donors (Lipinski definition) is 0. The second-order valence-corrected chi connectivity index (χ2v) is 32.6. The minimum atomic E-state index is -2.13. The molecule has 0 N–H and O–H groups in total. The molecule has 5 aromatic carbocycles. The average Bonchev–Trinajstić information content (AvgIpc) is 3.05. The quantitative estimate of drug-likeness (QED) is 0.169. The lowest BCUT2D eigenvalue weighted by Crippen LogP contribution is -2.72. The highest BCUT2D eigenvalue weighted by Crippen LogP contribution is 2.44. The van der Waals surface area contributed by atoms with Crippen molar-refractivity contribution in [1.82, 2.24) is 0 Å². The van der Waals surface area contributed by atoms with Crippen LogP contribution in [0.3, 0.4) is 0 Å². The van der Waals surface area contributed by atoms with Crippen molar-refractivity contribution in [1.29, 1.82) is 0 Å². The molecule has 0 amide bonds. The fourth-order valence-corrected chi connectivity index (χ4v) is 29.4. The molecule has 0 aromatic heterocycles. The van der Waals surface area contributed by atoms with E-state index in [1.54, 1.807) is 41.5 Å². The van der Waals surface area contributed by atoms with Gasteiger partial charge in [-0.1, -0.05) is 207 Å². The molecule has 2 aliphatic heterocycles. The van der Waals surface area contributed by atoms with Crippen LogP contribution in [0.15, 0.2) is 133 Å². The molecule has 0 nitrogen and oxygen atoms in total.